The van der Waals surface area contributed by atoms with Crippen LogP contribution in [0.2, 0.25) is 0 Å². The highest BCUT2D eigenvalue weighted by molar-refractivity contribution is 9.10. The van der Waals surface area contributed by atoms with Crippen molar-refractivity contribution in [3.8, 4) is 0 Å². The summed E-state index contributed by atoms with van der Waals surface area (Å²) in [5.41, 5.74) is 2.28. The number of thiazole rings is 1. The molecule has 2 N–H and O–H groups in total. The predicted octanol–water partition coefficient (Wildman–Crippen LogP) is 2.92. The van der Waals surface area contributed by atoms with Crippen molar-refractivity contribution >= 4 is 44.0 Å². The van der Waals surface area contributed by atoms with Crippen LogP contribution in [0, 0.1) is 0 Å². The van der Waals surface area contributed by atoms with Gasteiger partial charge in [0.1, 0.15) is 0 Å². The van der Waals surface area contributed by atoms with Crippen LogP contribution >= 0.6 is 27.3 Å². The Labute approximate surface area is 167 Å². The number of anilines is 2. The highest BCUT2D eigenvalue weighted by Crippen LogP contribution is 2.28. The molecule has 1 atom stereocenters. The standard InChI is InChI=1S/C18H25BrN6S/c1-20-17(21-10-14-12-26-18(23-14)24(2)3)22-13-8-9-25(11-13)16-7-5-4-6-15(16)19/h4-7,12-13H,8-11H2,1-3H3,(H2,20,21,22). The van der Waals surface area contributed by atoms with Crippen LogP contribution in [0.4, 0.5) is 10.8 Å². The summed E-state index contributed by atoms with van der Waals surface area (Å²) in [5, 5.41) is 10.0. The Morgan fingerprint density at radius 1 is 1.42 bits per heavy atom. The van der Waals surface area contributed by atoms with Gasteiger partial charge in [-0.05, 0) is 34.5 Å². The topological polar surface area (TPSA) is 55.8 Å². The highest BCUT2D eigenvalue weighted by atomic mass is 79.9. The third-order valence-electron chi connectivity index (χ3n) is 4.30. The van der Waals surface area contributed by atoms with Gasteiger partial charge in [0.25, 0.3) is 0 Å². The second-order valence-corrected chi connectivity index (χ2v) is 8.16. The number of aliphatic imine (C=N–C) groups is 1. The number of halogens is 1. The van der Waals surface area contributed by atoms with Gasteiger partial charge in [-0.25, -0.2) is 4.98 Å². The summed E-state index contributed by atoms with van der Waals surface area (Å²) in [6, 6.07) is 8.75. The Hall–Kier alpha value is -1.80. The second-order valence-electron chi connectivity index (χ2n) is 6.47. The van der Waals surface area contributed by atoms with Gasteiger partial charge < -0.3 is 20.4 Å². The van der Waals surface area contributed by atoms with Crippen molar-refractivity contribution in [2.24, 2.45) is 4.99 Å². The summed E-state index contributed by atoms with van der Waals surface area (Å²) in [7, 11) is 5.82. The number of hydrogen-bond donors (Lipinski definition) is 2. The lowest BCUT2D eigenvalue weighted by Gasteiger charge is -2.21. The molecule has 1 aromatic heterocycles. The van der Waals surface area contributed by atoms with Gasteiger partial charge in [0.05, 0.1) is 17.9 Å². The van der Waals surface area contributed by atoms with E-state index < -0.39 is 0 Å². The molecule has 8 heteroatoms. The van der Waals surface area contributed by atoms with Crippen LogP contribution in [0.25, 0.3) is 0 Å². The second kappa shape index (κ2) is 8.73. The average molecular weight is 437 g/mol. The maximum atomic E-state index is 4.59. The lowest BCUT2D eigenvalue weighted by molar-refractivity contribution is 0.647. The van der Waals surface area contributed by atoms with Gasteiger partial charge in [0, 0.05) is 50.1 Å². The summed E-state index contributed by atoms with van der Waals surface area (Å²) in [5.74, 6) is 0.823. The Balaban J connectivity index is 1.52. The van der Waals surface area contributed by atoms with Crippen molar-refractivity contribution in [2.45, 2.75) is 19.0 Å². The van der Waals surface area contributed by atoms with Crippen molar-refractivity contribution in [2.75, 3.05) is 44.0 Å². The first-order valence-corrected chi connectivity index (χ1v) is 10.3. The summed E-state index contributed by atoms with van der Waals surface area (Å²) >= 11 is 5.30. The number of nitrogens with zero attached hydrogens (tertiary/aromatic N) is 4. The van der Waals surface area contributed by atoms with Gasteiger partial charge in [-0.2, -0.15) is 0 Å². The number of nitrogens with one attached hydrogen (secondary N) is 2. The molecule has 1 aliphatic heterocycles. The van der Waals surface area contributed by atoms with E-state index in [4.69, 9.17) is 0 Å². The van der Waals surface area contributed by atoms with Gasteiger partial charge in [-0.3, -0.25) is 4.99 Å². The molecule has 0 amide bonds. The normalized spacial score (nSPS) is 17.5. The fourth-order valence-electron chi connectivity index (χ4n) is 2.95. The van der Waals surface area contributed by atoms with Crippen LogP contribution in [-0.2, 0) is 6.54 Å². The lowest BCUT2D eigenvalue weighted by atomic mass is 10.3. The lowest BCUT2D eigenvalue weighted by Crippen LogP contribution is -2.44. The monoisotopic (exact) mass is 436 g/mol. The van der Waals surface area contributed by atoms with E-state index in [1.807, 2.05) is 32.1 Å². The van der Waals surface area contributed by atoms with Crippen molar-refractivity contribution in [3.05, 3.63) is 39.8 Å². The molecule has 1 aliphatic rings. The van der Waals surface area contributed by atoms with Crippen LogP contribution in [0.5, 0.6) is 0 Å². The van der Waals surface area contributed by atoms with Crippen LogP contribution in [0.1, 0.15) is 12.1 Å². The maximum Gasteiger partial charge on any atom is 0.191 e. The van der Waals surface area contributed by atoms with Crippen molar-refractivity contribution in [3.63, 3.8) is 0 Å². The van der Waals surface area contributed by atoms with E-state index in [0.717, 1.165) is 40.8 Å². The smallest absolute Gasteiger partial charge is 0.191 e. The number of aromatic nitrogens is 1. The Morgan fingerprint density at radius 3 is 2.92 bits per heavy atom. The quantitative estimate of drug-likeness (QED) is 0.557. The number of rotatable bonds is 5. The maximum absolute atomic E-state index is 4.59. The van der Waals surface area contributed by atoms with Gasteiger partial charge in [0.2, 0.25) is 0 Å². The van der Waals surface area contributed by atoms with E-state index in [0.29, 0.717) is 12.6 Å². The van der Waals surface area contributed by atoms with E-state index in [-0.39, 0.29) is 0 Å². The molecule has 3 rings (SSSR count). The molecule has 1 aromatic carbocycles. The van der Waals surface area contributed by atoms with E-state index in [1.54, 1.807) is 11.3 Å². The zero-order valence-electron chi connectivity index (χ0n) is 15.4. The van der Waals surface area contributed by atoms with Crippen LogP contribution in [0.3, 0.4) is 0 Å². The molecular weight excluding hydrogens is 412 g/mol. The fourth-order valence-corrected chi connectivity index (χ4v) is 4.24. The van der Waals surface area contributed by atoms with Crippen molar-refractivity contribution < 1.29 is 0 Å². The Bertz CT molecular complexity index is 760. The summed E-state index contributed by atoms with van der Waals surface area (Å²) in [6.45, 7) is 2.67. The first kappa shape index (κ1) is 19.0. The molecule has 26 heavy (non-hydrogen) atoms. The number of guanidine groups is 1. The average Bonchev–Trinajstić information content (AvgIpc) is 3.28. The molecule has 0 bridgehead atoms. The van der Waals surface area contributed by atoms with Crippen molar-refractivity contribution in [1.29, 1.82) is 0 Å². The van der Waals surface area contributed by atoms with E-state index in [2.05, 4.69) is 65.0 Å². The molecule has 140 valence electrons. The van der Waals surface area contributed by atoms with Gasteiger partial charge in [-0.1, -0.05) is 12.1 Å². The number of para-hydroxylation sites is 1. The molecule has 0 radical (unpaired) electrons. The molecule has 0 spiro atoms. The minimum Gasteiger partial charge on any atom is -0.368 e. The number of hydrogen-bond acceptors (Lipinski definition) is 5. The summed E-state index contributed by atoms with van der Waals surface area (Å²) in [4.78, 5) is 13.4. The van der Waals surface area contributed by atoms with Crippen LogP contribution in [-0.4, -0.2) is 51.2 Å². The number of benzene rings is 1. The third-order valence-corrected chi connectivity index (χ3v) is 6.03. The highest BCUT2D eigenvalue weighted by Gasteiger charge is 2.24. The van der Waals surface area contributed by atoms with E-state index in [9.17, 15) is 0 Å². The van der Waals surface area contributed by atoms with E-state index in [1.165, 1.54) is 5.69 Å². The Morgan fingerprint density at radius 2 is 2.23 bits per heavy atom. The minimum atomic E-state index is 0.376. The van der Waals surface area contributed by atoms with Crippen LogP contribution < -0.4 is 20.4 Å². The Kier molecular flexibility index (Phi) is 6.37. The first-order chi connectivity index (χ1) is 12.6. The summed E-state index contributed by atoms with van der Waals surface area (Å²) in [6.07, 6.45) is 1.09. The zero-order valence-corrected chi connectivity index (χ0v) is 17.8. The molecule has 0 saturated carbocycles. The SMILES string of the molecule is CN=C(NCc1csc(N(C)C)n1)NC1CCN(c2ccccc2Br)C1. The first-order valence-electron chi connectivity index (χ1n) is 8.65. The summed E-state index contributed by atoms with van der Waals surface area (Å²) < 4.78 is 1.14. The van der Waals surface area contributed by atoms with Gasteiger partial charge >= 0.3 is 0 Å². The van der Waals surface area contributed by atoms with Gasteiger partial charge in [-0.15, -0.1) is 11.3 Å². The van der Waals surface area contributed by atoms with Crippen molar-refractivity contribution in [1.82, 2.24) is 15.6 Å². The van der Waals surface area contributed by atoms with Crippen LogP contribution in [0.15, 0.2) is 39.1 Å². The minimum absolute atomic E-state index is 0.376. The molecule has 1 saturated heterocycles. The zero-order chi connectivity index (χ0) is 18.5. The molecular formula is C18H25BrN6S. The molecule has 1 fully saturated rings. The van der Waals surface area contributed by atoms with Gasteiger partial charge in [0.15, 0.2) is 11.1 Å². The van der Waals surface area contributed by atoms with E-state index >= 15 is 0 Å². The predicted molar refractivity (Wildman–Crippen MR) is 115 cm³/mol. The molecule has 1 unspecified atom stereocenters. The fraction of sp³-hybridized carbons (Fsp3) is 0.444. The molecule has 2 heterocycles. The molecule has 0 aliphatic carbocycles. The molecule has 6 nitrogen and oxygen atoms in total. The molecule has 2 aromatic rings. The third kappa shape index (κ3) is 4.67. The largest absolute Gasteiger partial charge is 0.368 e.